The molecule has 118 valence electrons. The van der Waals surface area contributed by atoms with Gasteiger partial charge in [-0.2, -0.15) is 4.98 Å². The summed E-state index contributed by atoms with van der Waals surface area (Å²) in [6.07, 6.45) is 0. The Kier molecular flexibility index (Phi) is 4.02. The monoisotopic (exact) mass is 335 g/mol. The number of halogens is 1. The predicted octanol–water partition coefficient (Wildman–Crippen LogP) is 2.75. The van der Waals surface area contributed by atoms with Crippen LogP contribution in [-0.2, 0) is 4.79 Å². The van der Waals surface area contributed by atoms with Gasteiger partial charge in [0.1, 0.15) is 17.3 Å². The third-order valence-corrected chi connectivity index (χ3v) is 3.63. The average molecular weight is 335 g/mol. The van der Waals surface area contributed by atoms with Crippen LogP contribution >= 0.6 is 11.8 Å². The Morgan fingerprint density at radius 3 is 2.83 bits per heavy atom. The minimum absolute atomic E-state index is 0.150. The number of aromatic amines is 1. The number of benzene rings is 1. The molecule has 0 aliphatic heterocycles. The highest BCUT2D eigenvalue weighted by Crippen LogP contribution is 2.30. The van der Waals surface area contributed by atoms with Gasteiger partial charge >= 0.3 is 5.97 Å². The maximum Gasteiger partial charge on any atom is 0.313 e. The fraction of sp³-hybridized carbons (Fsp3) is 0.0714. The van der Waals surface area contributed by atoms with E-state index in [9.17, 15) is 14.3 Å². The summed E-state index contributed by atoms with van der Waals surface area (Å²) in [5, 5.41) is 24.8. The number of carbonyl (C=O) groups is 1. The molecule has 0 atom stereocenters. The van der Waals surface area contributed by atoms with E-state index < -0.39 is 11.8 Å². The van der Waals surface area contributed by atoms with Crippen molar-refractivity contribution in [2.24, 2.45) is 0 Å². The third kappa shape index (κ3) is 3.51. The number of aliphatic carboxylic acids is 1. The van der Waals surface area contributed by atoms with Gasteiger partial charge < -0.3 is 14.6 Å². The average Bonchev–Trinajstić information content (AvgIpc) is 3.13. The van der Waals surface area contributed by atoms with Crippen molar-refractivity contribution in [2.45, 2.75) is 5.16 Å². The van der Waals surface area contributed by atoms with E-state index in [0.717, 1.165) is 17.8 Å². The number of hydrogen-bond acceptors (Lipinski definition) is 6. The fourth-order valence-corrected chi connectivity index (χ4v) is 2.40. The number of phenolic OH excluding ortho intramolecular Hbond substituents is 1. The van der Waals surface area contributed by atoms with E-state index in [-0.39, 0.29) is 16.7 Å². The topological polar surface area (TPSA) is 112 Å². The Labute approximate surface area is 133 Å². The van der Waals surface area contributed by atoms with E-state index in [0.29, 0.717) is 22.9 Å². The maximum absolute atomic E-state index is 13.3. The van der Waals surface area contributed by atoms with E-state index >= 15 is 0 Å². The van der Waals surface area contributed by atoms with Crippen LogP contribution in [0.1, 0.15) is 0 Å². The zero-order chi connectivity index (χ0) is 16.4. The first-order chi connectivity index (χ1) is 11.0. The molecule has 0 radical (unpaired) electrons. The van der Waals surface area contributed by atoms with Crippen molar-refractivity contribution in [1.29, 1.82) is 0 Å². The molecule has 0 spiro atoms. The number of rotatable bonds is 5. The Bertz CT molecular complexity index is 841. The molecular weight excluding hydrogens is 325 g/mol. The lowest BCUT2D eigenvalue weighted by atomic mass is 10.1. The quantitative estimate of drug-likeness (QED) is 0.615. The summed E-state index contributed by atoms with van der Waals surface area (Å²) >= 11 is 0.974. The number of aromatic hydroxyl groups is 1. The highest BCUT2D eigenvalue weighted by Gasteiger charge is 2.13. The number of nitrogens with one attached hydrogen (secondary N) is 1. The number of aromatic nitrogens is 3. The van der Waals surface area contributed by atoms with Crippen LogP contribution in [0.4, 0.5) is 4.39 Å². The highest BCUT2D eigenvalue weighted by molar-refractivity contribution is 7.99. The molecule has 0 bridgehead atoms. The molecule has 0 aliphatic carbocycles. The summed E-state index contributed by atoms with van der Waals surface area (Å²) in [6, 6.07) is 6.83. The molecule has 2 aromatic heterocycles. The minimum atomic E-state index is -0.965. The molecule has 3 aromatic rings. The van der Waals surface area contributed by atoms with Crippen molar-refractivity contribution < 1.29 is 23.8 Å². The van der Waals surface area contributed by atoms with Crippen LogP contribution in [-0.4, -0.2) is 37.1 Å². The number of H-pyrrole nitrogens is 1. The van der Waals surface area contributed by atoms with Crippen molar-refractivity contribution in [3.63, 3.8) is 0 Å². The normalized spacial score (nSPS) is 10.8. The first-order valence-corrected chi connectivity index (χ1v) is 7.37. The van der Waals surface area contributed by atoms with Crippen LogP contribution in [0.25, 0.3) is 22.9 Å². The second-order valence-corrected chi connectivity index (χ2v) is 5.45. The van der Waals surface area contributed by atoms with Gasteiger partial charge in [0.2, 0.25) is 5.16 Å². The van der Waals surface area contributed by atoms with Crippen LogP contribution in [0, 0.1) is 5.82 Å². The van der Waals surface area contributed by atoms with Gasteiger partial charge in [-0.3, -0.25) is 9.89 Å². The van der Waals surface area contributed by atoms with E-state index in [1.54, 1.807) is 12.1 Å². The van der Waals surface area contributed by atoms with Gasteiger partial charge in [-0.25, -0.2) is 4.39 Å². The van der Waals surface area contributed by atoms with Crippen molar-refractivity contribution in [1.82, 2.24) is 15.2 Å². The lowest BCUT2D eigenvalue weighted by Gasteiger charge is -1.99. The predicted molar refractivity (Wildman–Crippen MR) is 79.5 cm³/mol. The van der Waals surface area contributed by atoms with Gasteiger partial charge in [-0.15, -0.1) is 5.10 Å². The lowest BCUT2D eigenvalue weighted by Crippen LogP contribution is -1.97. The zero-order valence-electron chi connectivity index (χ0n) is 11.5. The van der Waals surface area contributed by atoms with Gasteiger partial charge in [-0.1, -0.05) is 11.8 Å². The zero-order valence-corrected chi connectivity index (χ0v) is 12.3. The Morgan fingerprint density at radius 1 is 1.30 bits per heavy atom. The fourth-order valence-electron chi connectivity index (χ4n) is 1.88. The van der Waals surface area contributed by atoms with Crippen molar-refractivity contribution in [3.05, 3.63) is 36.1 Å². The second kappa shape index (κ2) is 6.13. The van der Waals surface area contributed by atoms with Crippen LogP contribution in [0.5, 0.6) is 5.75 Å². The molecule has 3 rings (SSSR count). The van der Waals surface area contributed by atoms with Gasteiger partial charge in [0.25, 0.3) is 0 Å². The second-order valence-electron chi connectivity index (χ2n) is 4.51. The van der Waals surface area contributed by atoms with Crippen molar-refractivity contribution in [2.75, 3.05) is 5.75 Å². The molecule has 0 amide bonds. The van der Waals surface area contributed by atoms with Gasteiger partial charge in [0.05, 0.1) is 5.75 Å². The number of carboxylic acid groups (broad SMARTS) is 1. The summed E-state index contributed by atoms with van der Waals surface area (Å²) in [7, 11) is 0. The molecule has 1 aromatic carbocycles. The standard InChI is InChI=1S/C14H10FN3O4S/c15-8-3-7(4-9(19)5-8)10-1-2-11(22-10)13-16-14(18-17-13)23-6-12(20)21/h1-5,19H,6H2,(H,20,21)(H,16,17,18). The number of hydrogen-bond donors (Lipinski definition) is 3. The van der Waals surface area contributed by atoms with E-state index in [4.69, 9.17) is 9.52 Å². The molecular formula is C14H10FN3O4S. The summed E-state index contributed by atoms with van der Waals surface area (Å²) in [5.41, 5.74) is 0.383. The molecule has 0 unspecified atom stereocenters. The Hall–Kier alpha value is -2.81. The molecule has 3 N–H and O–H groups in total. The lowest BCUT2D eigenvalue weighted by molar-refractivity contribution is -0.133. The number of carboxylic acids is 1. The molecule has 0 aliphatic rings. The summed E-state index contributed by atoms with van der Waals surface area (Å²) in [5.74, 6) is -0.861. The van der Waals surface area contributed by atoms with E-state index in [1.807, 2.05) is 0 Å². The summed E-state index contributed by atoms with van der Waals surface area (Å²) in [6.45, 7) is 0. The number of furan rings is 1. The smallest absolute Gasteiger partial charge is 0.313 e. The van der Waals surface area contributed by atoms with Gasteiger partial charge in [0, 0.05) is 11.6 Å². The molecule has 7 nitrogen and oxygen atoms in total. The summed E-state index contributed by atoms with van der Waals surface area (Å²) < 4.78 is 18.9. The van der Waals surface area contributed by atoms with Gasteiger partial charge in [0.15, 0.2) is 11.6 Å². The first kappa shape index (κ1) is 15.1. The Balaban J connectivity index is 1.83. The van der Waals surface area contributed by atoms with Crippen LogP contribution in [0.2, 0.25) is 0 Å². The highest BCUT2D eigenvalue weighted by atomic mass is 32.2. The van der Waals surface area contributed by atoms with E-state index in [2.05, 4.69) is 15.2 Å². The van der Waals surface area contributed by atoms with Crippen LogP contribution in [0.15, 0.2) is 39.9 Å². The van der Waals surface area contributed by atoms with Crippen LogP contribution < -0.4 is 0 Å². The number of nitrogens with zero attached hydrogens (tertiary/aromatic N) is 2. The largest absolute Gasteiger partial charge is 0.508 e. The molecule has 0 saturated carbocycles. The molecule has 9 heteroatoms. The Morgan fingerprint density at radius 2 is 2.09 bits per heavy atom. The molecule has 0 fully saturated rings. The maximum atomic E-state index is 13.3. The van der Waals surface area contributed by atoms with E-state index in [1.165, 1.54) is 12.1 Å². The van der Waals surface area contributed by atoms with Crippen molar-refractivity contribution >= 4 is 17.7 Å². The summed E-state index contributed by atoms with van der Waals surface area (Å²) in [4.78, 5) is 14.6. The van der Waals surface area contributed by atoms with Crippen molar-refractivity contribution in [3.8, 4) is 28.7 Å². The van der Waals surface area contributed by atoms with Gasteiger partial charge in [-0.05, 0) is 24.3 Å². The first-order valence-electron chi connectivity index (χ1n) is 6.38. The third-order valence-electron chi connectivity index (χ3n) is 2.80. The minimum Gasteiger partial charge on any atom is -0.508 e. The number of thioether (sulfide) groups is 1. The number of phenols is 1. The molecule has 23 heavy (non-hydrogen) atoms. The molecule has 0 saturated heterocycles. The molecule has 2 heterocycles. The van der Waals surface area contributed by atoms with Crippen LogP contribution in [0.3, 0.4) is 0 Å². The SMILES string of the molecule is O=C(O)CSc1n[nH]c(-c2ccc(-c3cc(O)cc(F)c3)o2)n1.